The molecular weight excluding hydrogens is 378 g/mol. The van der Waals surface area contributed by atoms with Crippen molar-refractivity contribution in [2.45, 2.75) is 20.8 Å². The van der Waals surface area contributed by atoms with Gasteiger partial charge in [-0.25, -0.2) is 4.98 Å². The molecule has 0 aliphatic rings. The SMILES string of the molecule is CCNC(=O)c1cc(-c2cc(NC(C)=O)ncc2C)oc1-c1ccccc1Cl. The van der Waals surface area contributed by atoms with Crippen LogP contribution in [0, 0.1) is 6.92 Å². The van der Waals surface area contributed by atoms with Crippen LogP contribution in [-0.2, 0) is 4.79 Å². The summed E-state index contributed by atoms with van der Waals surface area (Å²) in [5.41, 5.74) is 2.59. The summed E-state index contributed by atoms with van der Waals surface area (Å²) in [5.74, 6) is 0.817. The molecule has 0 bridgehead atoms. The Kier molecular flexibility index (Phi) is 5.80. The summed E-state index contributed by atoms with van der Waals surface area (Å²) in [6, 6.07) is 10.6. The van der Waals surface area contributed by atoms with Gasteiger partial charge >= 0.3 is 0 Å². The van der Waals surface area contributed by atoms with E-state index in [1.54, 1.807) is 30.5 Å². The van der Waals surface area contributed by atoms with Gasteiger partial charge in [0.1, 0.15) is 17.3 Å². The maximum absolute atomic E-state index is 12.6. The Balaban J connectivity index is 2.16. The Labute approximate surface area is 167 Å². The van der Waals surface area contributed by atoms with Crippen LogP contribution in [0.15, 0.2) is 47.0 Å². The summed E-state index contributed by atoms with van der Waals surface area (Å²) in [4.78, 5) is 28.2. The standard InChI is InChI=1S/C21H20ClN3O3/c1-4-23-21(27)16-9-18(28-20(16)14-7-5-6-8-17(14)22)15-10-19(25-13(3)26)24-11-12(15)2/h5-11H,4H2,1-3H3,(H,23,27)(H,24,25,26). The second-order valence-electron chi connectivity index (χ2n) is 6.26. The first-order valence-corrected chi connectivity index (χ1v) is 9.20. The van der Waals surface area contributed by atoms with E-state index in [0.29, 0.717) is 40.0 Å². The first kappa shape index (κ1) is 19.6. The summed E-state index contributed by atoms with van der Waals surface area (Å²) in [5, 5.41) is 5.94. The van der Waals surface area contributed by atoms with Crippen molar-refractivity contribution in [2.75, 3.05) is 11.9 Å². The first-order chi connectivity index (χ1) is 13.4. The molecule has 0 radical (unpaired) electrons. The third-order valence-electron chi connectivity index (χ3n) is 4.11. The number of aromatic nitrogens is 1. The van der Waals surface area contributed by atoms with Crippen LogP contribution in [0.5, 0.6) is 0 Å². The molecule has 0 unspecified atom stereocenters. The van der Waals surface area contributed by atoms with Crippen LogP contribution >= 0.6 is 11.6 Å². The maximum Gasteiger partial charge on any atom is 0.255 e. The average molecular weight is 398 g/mol. The fourth-order valence-electron chi connectivity index (χ4n) is 2.83. The van der Waals surface area contributed by atoms with Gasteiger partial charge < -0.3 is 15.1 Å². The van der Waals surface area contributed by atoms with E-state index in [4.69, 9.17) is 16.0 Å². The predicted molar refractivity (Wildman–Crippen MR) is 109 cm³/mol. The molecule has 0 atom stereocenters. The highest BCUT2D eigenvalue weighted by atomic mass is 35.5. The molecule has 6 nitrogen and oxygen atoms in total. The normalized spacial score (nSPS) is 10.6. The summed E-state index contributed by atoms with van der Waals surface area (Å²) in [7, 11) is 0. The van der Waals surface area contributed by atoms with E-state index in [1.165, 1.54) is 6.92 Å². The number of benzene rings is 1. The molecule has 0 spiro atoms. The van der Waals surface area contributed by atoms with Crippen molar-refractivity contribution in [3.8, 4) is 22.6 Å². The number of hydrogen-bond acceptors (Lipinski definition) is 4. The average Bonchev–Trinajstić information content (AvgIpc) is 3.08. The number of rotatable bonds is 5. The van der Waals surface area contributed by atoms with Gasteiger partial charge in [-0.1, -0.05) is 23.7 Å². The number of pyridine rings is 1. The van der Waals surface area contributed by atoms with Gasteiger partial charge in [0.2, 0.25) is 5.91 Å². The lowest BCUT2D eigenvalue weighted by molar-refractivity contribution is -0.114. The molecule has 28 heavy (non-hydrogen) atoms. The fourth-order valence-corrected chi connectivity index (χ4v) is 3.05. The minimum absolute atomic E-state index is 0.221. The van der Waals surface area contributed by atoms with Crippen LogP contribution in [0.3, 0.4) is 0 Å². The molecule has 0 saturated carbocycles. The molecule has 2 aromatic heterocycles. The number of anilines is 1. The van der Waals surface area contributed by atoms with Crippen LogP contribution < -0.4 is 10.6 Å². The topological polar surface area (TPSA) is 84.2 Å². The highest BCUT2D eigenvalue weighted by molar-refractivity contribution is 6.33. The lowest BCUT2D eigenvalue weighted by Gasteiger charge is -2.07. The quantitative estimate of drug-likeness (QED) is 0.654. The fraction of sp³-hybridized carbons (Fsp3) is 0.190. The van der Waals surface area contributed by atoms with Gasteiger partial charge in [-0.15, -0.1) is 0 Å². The number of carbonyl (C=O) groups excluding carboxylic acids is 2. The van der Waals surface area contributed by atoms with Crippen LogP contribution in [0.4, 0.5) is 5.82 Å². The van der Waals surface area contributed by atoms with E-state index in [-0.39, 0.29) is 11.8 Å². The lowest BCUT2D eigenvalue weighted by atomic mass is 10.1. The zero-order chi connectivity index (χ0) is 20.3. The Bertz CT molecular complexity index is 1040. The molecule has 2 heterocycles. The number of nitrogens with one attached hydrogen (secondary N) is 2. The van der Waals surface area contributed by atoms with Gasteiger partial charge in [0, 0.05) is 30.8 Å². The second-order valence-corrected chi connectivity index (χ2v) is 6.67. The number of nitrogens with zero attached hydrogens (tertiary/aromatic N) is 1. The van der Waals surface area contributed by atoms with Crippen molar-refractivity contribution in [1.82, 2.24) is 10.3 Å². The molecule has 0 aliphatic heterocycles. The zero-order valence-electron chi connectivity index (χ0n) is 15.8. The largest absolute Gasteiger partial charge is 0.455 e. The Hall–Kier alpha value is -3.12. The molecule has 0 fully saturated rings. The van der Waals surface area contributed by atoms with Gasteiger partial charge in [0.05, 0.1) is 10.6 Å². The van der Waals surface area contributed by atoms with Gasteiger partial charge in [0.15, 0.2) is 0 Å². The maximum atomic E-state index is 12.6. The van der Waals surface area contributed by atoms with E-state index in [9.17, 15) is 9.59 Å². The second kappa shape index (κ2) is 8.27. The molecule has 3 rings (SSSR count). The third-order valence-corrected chi connectivity index (χ3v) is 4.43. The lowest BCUT2D eigenvalue weighted by Crippen LogP contribution is -2.22. The number of carbonyl (C=O) groups is 2. The predicted octanol–water partition coefficient (Wildman–Crippen LogP) is 4.68. The summed E-state index contributed by atoms with van der Waals surface area (Å²) in [6.45, 7) is 5.63. The minimum Gasteiger partial charge on any atom is -0.455 e. The number of halogens is 1. The molecule has 1 aromatic carbocycles. The molecular formula is C21H20ClN3O3. The highest BCUT2D eigenvalue weighted by Gasteiger charge is 2.22. The zero-order valence-corrected chi connectivity index (χ0v) is 16.6. The number of furan rings is 1. The summed E-state index contributed by atoms with van der Waals surface area (Å²) < 4.78 is 6.09. The smallest absolute Gasteiger partial charge is 0.255 e. The summed E-state index contributed by atoms with van der Waals surface area (Å²) >= 11 is 6.33. The van der Waals surface area contributed by atoms with E-state index < -0.39 is 0 Å². The van der Waals surface area contributed by atoms with Crippen molar-refractivity contribution in [1.29, 1.82) is 0 Å². The van der Waals surface area contributed by atoms with E-state index in [2.05, 4.69) is 15.6 Å². The van der Waals surface area contributed by atoms with Gasteiger partial charge in [0.25, 0.3) is 5.91 Å². The van der Waals surface area contributed by atoms with E-state index >= 15 is 0 Å². The summed E-state index contributed by atoms with van der Waals surface area (Å²) in [6.07, 6.45) is 1.64. The Morgan fingerprint density at radius 1 is 1.18 bits per heavy atom. The molecule has 2 amide bonds. The molecule has 7 heteroatoms. The molecule has 3 aromatic rings. The van der Waals surface area contributed by atoms with Gasteiger partial charge in [-0.2, -0.15) is 0 Å². The number of aryl methyl sites for hydroxylation is 1. The van der Waals surface area contributed by atoms with Crippen LogP contribution in [0.1, 0.15) is 29.8 Å². The number of amides is 2. The molecule has 144 valence electrons. The Morgan fingerprint density at radius 2 is 1.93 bits per heavy atom. The van der Waals surface area contributed by atoms with Gasteiger partial charge in [-0.3, -0.25) is 9.59 Å². The van der Waals surface area contributed by atoms with Crippen LogP contribution in [0.25, 0.3) is 22.6 Å². The van der Waals surface area contributed by atoms with Crippen molar-refractivity contribution >= 4 is 29.2 Å². The minimum atomic E-state index is -0.249. The van der Waals surface area contributed by atoms with Gasteiger partial charge in [-0.05, 0) is 43.7 Å². The molecule has 0 saturated heterocycles. The highest BCUT2D eigenvalue weighted by Crippen LogP contribution is 2.37. The molecule has 0 aliphatic carbocycles. The molecule has 2 N–H and O–H groups in total. The first-order valence-electron chi connectivity index (χ1n) is 8.82. The van der Waals surface area contributed by atoms with E-state index in [0.717, 1.165) is 11.1 Å². The Morgan fingerprint density at radius 3 is 2.61 bits per heavy atom. The number of hydrogen-bond donors (Lipinski definition) is 2. The van der Waals surface area contributed by atoms with Crippen LogP contribution in [-0.4, -0.2) is 23.3 Å². The third kappa shape index (κ3) is 4.07. The van der Waals surface area contributed by atoms with Crippen molar-refractivity contribution in [3.05, 3.63) is 58.7 Å². The van der Waals surface area contributed by atoms with Crippen molar-refractivity contribution in [2.24, 2.45) is 0 Å². The monoisotopic (exact) mass is 397 g/mol. The van der Waals surface area contributed by atoms with Crippen molar-refractivity contribution in [3.63, 3.8) is 0 Å². The van der Waals surface area contributed by atoms with Crippen molar-refractivity contribution < 1.29 is 14.0 Å². The van der Waals surface area contributed by atoms with Crippen LogP contribution in [0.2, 0.25) is 5.02 Å². The van der Waals surface area contributed by atoms with E-state index in [1.807, 2.05) is 26.0 Å².